The molecule has 1 N–H and O–H groups in total. The van der Waals surface area contributed by atoms with Gasteiger partial charge in [-0.15, -0.1) is 0 Å². The summed E-state index contributed by atoms with van der Waals surface area (Å²) >= 11 is 6.47. The Morgan fingerprint density at radius 3 is 2.19 bits per heavy atom. The van der Waals surface area contributed by atoms with Crippen molar-refractivity contribution in [3.63, 3.8) is 0 Å². The van der Waals surface area contributed by atoms with E-state index in [1.54, 1.807) is 54.6 Å². The van der Waals surface area contributed by atoms with Gasteiger partial charge in [0.1, 0.15) is 18.3 Å². The lowest BCUT2D eigenvalue weighted by Crippen LogP contribution is -2.53. The molecule has 226 valence electrons. The third-order valence-corrected chi connectivity index (χ3v) is 9.32. The van der Waals surface area contributed by atoms with Crippen LogP contribution in [0.1, 0.15) is 50.3 Å². The van der Waals surface area contributed by atoms with Crippen molar-refractivity contribution >= 4 is 39.1 Å². The van der Waals surface area contributed by atoms with Gasteiger partial charge in [0.05, 0.1) is 17.7 Å². The minimum absolute atomic E-state index is 0.0221. The second-order valence-electron chi connectivity index (χ2n) is 10.4. The minimum atomic E-state index is -4.23. The van der Waals surface area contributed by atoms with Crippen molar-refractivity contribution in [3.8, 4) is 5.75 Å². The molecule has 0 saturated carbocycles. The van der Waals surface area contributed by atoms with Crippen LogP contribution in [0.5, 0.6) is 5.75 Å². The van der Waals surface area contributed by atoms with Crippen molar-refractivity contribution in [3.05, 3.63) is 88.4 Å². The van der Waals surface area contributed by atoms with Crippen LogP contribution in [0.3, 0.4) is 0 Å². The zero-order chi connectivity index (χ0) is 31.0. The van der Waals surface area contributed by atoms with Crippen LogP contribution in [0, 0.1) is 13.8 Å². The summed E-state index contributed by atoms with van der Waals surface area (Å²) in [5.41, 5.74) is 2.55. The molecule has 10 heteroatoms. The van der Waals surface area contributed by atoms with Crippen LogP contribution >= 0.6 is 11.6 Å². The maximum absolute atomic E-state index is 14.3. The smallest absolute Gasteiger partial charge is 0.264 e. The number of hydrogen-bond donors (Lipinski definition) is 1. The van der Waals surface area contributed by atoms with Crippen LogP contribution in [0.25, 0.3) is 0 Å². The SMILES string of the molecule is CC[C@@H](C)NC(=O)[C@@H](CC)N(Cc1ccccc1Cl)C(=O)CN(c1cc(C)ccc1OC)S(=O)(=O)c1ccc(C)cc1. The average molecular weight is 614 g/mol. The molecule has 8 nitrogen and oxygen atoms in total. The maximum atomic E-state index is 14.3. The molecule has 3 rings (SSSR count). The molecule has 0 unspecified atom stereocenters. The fourth-order valence-corrected chi connectivity index (χ4v) is 6.13. The number of ether oxygens (including phenoxy) is 1. The number of halogens is 1. The van der Waals surface area contributed by atoms with Gasteiger partial charge < -0.3 is 15.0 Å². The van der Waals surface area contributed by atoms with E-state index in [1.165, 1.54) is 24.1 Å². The number of rotatable bonds is 13. The molecule has 0 radical (unpaired) electrons. The second-order valence-corrected chi connectivity index (χ2v) is 12.6. The van der Waals surface area contributed by atoms with Gasteiger partial charge in [-0.05, 0) is 75.1 Å². The summed E-state index contributed by atoms with van der Waals surface area (Å²) < 4.78 is 34.9. The largest absolute Gasteiger partial charge is 0.495 e. The first-order valence-electron chi connectivity index (χ1n) is 14.0. The molecule has 2 atom stereocenters. The lowest BCUT2D eigenvalue weighted by atomic mass is 10.1. The number of carbonyl (C=O) groups is 2. The second kappa shape index (κ2) is 14.6. The number of nitrogens with one attached hydrogen (secondary N) is 1. The van der Waals surface area contributed by atoms with Gasteiger partial charge in [-0.2, -0.15) is 0 Å². The van der Waals surface area contributed by atoms with Gasteiger partial charge in [0.25, 0.3) is 10.0 Å². The average Bonchev–Trinajstić information content (AvgIpc) is 2.96. The van der Waals surface area contributed by atoms with Crippen LogP contribution in [0.4, 0.5) is 5.69 Å². The minimum Gasteiger partial charge on any atom is -0.495 e. The van der Waals surface area contributed by atoms with Gasteiger partial charge >= 0.3 is 0 Å². The van der Waals surface area contributed by atoms with E-state index in [2.05, 4.69) is 5.32 Å². The zero-order valence-corrected chi connectivity index (χ0v) is 26.6. The van der Waals surface area contributed by atoms with Gasteiger partial charge in [0.2, 0.25) is 11.8 Å². The number of amides is 2. The van der Waals surface area contributed by atoms with Gasteiger partial charge in [0.15, 0.2) is 0 Å². The molecular formula is C32H40ClN3O5S. The van der Waals surface area contributed by atoms with Crippen LogP contribution in [-0.4, -0.2) is 50.9 Å². The Morgan fingerprint density at radius 2 is 1.60 bits per heavy atom. The molecule has 0 aromatic heterocycles. The van der Waals surface area contributed by atoms with E-state index in [-0.39, 0.29) is 29.1 Å². The molecule has 0 aliphatic heterocycles. The monoisotopic (exact) mass is 613 g/mol. The Kier molecular flexibility index (Phi) is 11.4. The Hall–Kier alpha value is -3.56. The summed E-state index contributed by atoms with van der Waals surface area (Å²) in [6.45, 7) is 8.83. The van der Waals surface area contributed by atoms with Gasteiger partial charge in [-0.1, -0.05) is 67.4 Å². The molecule has 0 fully saturated rings. The maximum Gasteiger partial charge on any atom is 0.264 e. The van der Waals surface area contributed by atoms with E-state index in [1.807, 2.05) is 34.6 Å². The third-order valence-electron chi connectivity index (χ3n) is 7.18. The van der Waals surface area contributed by atoms with E-state index >= 15 is 0 Å². The lowest BCUT2D eigenvalue weighted by molar-refractivity contribution is -0.140. The predicted molar refractivity (Wildman–Crippen MR) is 167 cm³/mol. The molecule has 0 saturated heterocycles. The normalized spacial score (nSPS) is 12.7. The zero-order valence-electron chi connectivity index (χ0n) is 25.1. The van der Waals surface area contributed by atoms with E-state index in [9.17, 15) is 18.0 Å². The number of sulfonamides is 1. The summed E-state index contributed by atoms with van der Waals surface area (Å²) in [5, 5.41) is 3.41. The quantitative estimate of drug-likeness (QED) is 0.260. The van der Waals surface area contributed by atoms with Crippen molar-refractivity contribution < 1.29 is 22.7 Å². The van der Waals surface area contributed by atoms with Crippen molar-refractivity contribution in [2.75, 3.05) is 18.0 Å². The highest BCUT2D eigenvalue weighted by atomic mass is 35.5. The highest BCUT2D eigenvalue weighted by Crippen LogP contribution is 2.34. The summed E-state index contributed by atoms with van der Waals surface area (Å²) in [4.78, 5) is 29.1. The summed E-state index contributed by atoms with van der Waals surface area (Å²) in [6.07, 6.45) is 1.04. The number of hydrogen-bond acceptors (Lipinski definition) is 5. The fourth-order valence-electron chi connectivity index (χ4n) is 4.52. The van der Waals surface area contributed by atoms with Gasteiger partial charge in [-0.3, -0.25) is 13.9 Å². The first kappa shape index (κ1) is 32.9. The van der Waals surface area contributed by atoms with Crippen molar-refractivity contribution in [2.24, 2.45) is 0 Å². The van der Waals surface area contributed by atoms with E-state index in [0.29, 0.717) is 22.8 Å². The highest BCUT2D eigenvalue weighted by Gasteiger charge is 2.35. The summed E-state index contributed by atoms with van der Waals surface area (Å²) in [6, 6.07) is 17.7. The number of nitrogens with zero attached hydrogens (tertiary/aromatic N) is 2. The molecule has 42 heavy (non-hydrogen) atoms. The Labute approximate surface area is 254 Å². The third kappa shape index (κ3) is 7.83. The standard InChI is InChI=1S/C32H40ClN3O5S/c1-7-24(5)34-32(38)28(8-2)35(20-25-11-9-10-12-27(25)33)31(37)21-36(29-19-23(4)15-18-30(29)41-6)42(39,40)26-16-13-22(3)14-17-26/h9-19,24,28H,7-8,20-21H2,1-6H3,(H,34,38)/t24-,28-/m1/s1. The molecule has 0 bridgehead atoms. The molecule has 2 amide bonds. The topological polar surface area (TPSA) is 96.0 Å². The van der Waals surface area contributed by atoms with Crippen LogP contribution in [0.15, 0.2) is 71.6 Å². The number of benzene rings is 3. The van der Waals surface area contributed by atoms with Crippen LogP contribution in [0.2, 0.25) is 5.02 Å². The van der Waals surface area contributed by atoms with Crippen molar-refractivity contribution in [2.45, 2.75) is 71.0 Å². The molecular weight excluding hydrogens is 574 g/mol. The number of anilines is 1. The first-order chi connectivity index (χ1) is 19.9. The molecule has 0 spiro atoms. The molecule has 3 aromatic carbocycles. The Balaban J connectivity index is 2.14. The Morgan fingerprint density at radius 1 is 0.952 bits per heavy atom. The Bertz CT molecular complexity index is 1490. The summed E-state index contributed by atoms with van der Waals surface area (Å²) in [5.74, 6) is -0.572. The van der Waals surface area contributed by atoms with Gasteiger partial charge in [-0.25, -0.2) is 8.42 Å². The molecule has 0 aliphatic rings. The highest BCUT2D eigenvalue weighted by molar-refractivity contribution is 7.92. The van der Waals surface area contributed by atoms with E-state index < -0.39 is 28.5 Å². The van der Waals surface area contributed by atoms with Crippen LogP contribution in [-0.2, 0) is 26.2 Å². The summed E-state index contributed by atoms with van der Waals surface area (Å²) in [7, 11) is -2.78. The van der Waals surface area contributed by atoms with Gasteiger partial charge in [0, 0.05) is 17.6 Å². The van der Waals surface area contributed by atoms with E-state index in [0.717, 1.165) is 21.9 Å². The number of methoxy groups -OCH3 is 1. The number of aryl methyl sites for hydroxylation is 2. The van der Waals surface area contributed by atoms with Crippen molar-refractivity contribution in [1.82, 2.24) is 10.2 Å². The molecule has 0 heterocycles. The molecule has 3 aromatic rings. The fraction of sp³-hybridized carbons (Fsp3) is 0.375. The van der Waals surface area contributed by atoms with Crippen LogP contribution < -0.4 is 14.4 Å². The first-order valence-corrected chi connectivity index (χ1v) is 15.8. The predicted octanol–water partition coefficient (Wildman–Crippen LogP) is 5.88. The molecule has 0 aliphatic carbocycles. The van der Waals surface area contributed by atoms with Crippen molar-refractivity contribution in [1.29, 1.82) is 0 Å². The number of carbonyl (C=O) groups excluding carboxylic acids is 2. The lowest BCUT2D eigenvalue weighted by Gasteiger charge is -2.34. The van der Waals surface area contributed by atoms with E-state index in [4.69, 9.17) is 16.3 Å².